The van der Waals surface area contributed by atoms with Gasteiger partial charge in [-0.1, -0.05) is 11.2 Å². The molecule has 0 radical (unpaired) electrons. The van der Waals surface area contributed by atoms with E-state index in [0.29, 0.717) is 24.7 Å². The maximum Gasteiger partial charge on any atom is 0.319 e. The second-order valence-corrected chi connectivity index (χ2v) is 6.21. The first kappa shape index (κ1) is 19.8. The monoisotopic (exact) mass is 392 g/mol. The number of nitrogens with zero attached hydrogens (tertiary/aromatic N) is 3. The topological polar surface area (TPSA) is 74.3 Å². The van der Waals surface area contributed by atoms with Crippen LogP contribution in [0, 0.1) is 13.8 Å². The number of hydrogen-bond acceptors (Lipinski definition) is 6. The summed E-state index contributed by atoms with van der Waals surface area (Å²) in [6.07, 6.45) is 2.62. The number of rotatable bonds is 9. The van der Waals surface area contributed by atoms with Crippen molar-refractivity contribution in [1.82, 2.24) is 20.0 Å². The van der Waals surface area contributed by atoms with Gasteiger partial charge in [0.1, 0.15) is 18.2 Å². The standard InChI is InChI=1S/C19H22F2N4O3/c1-12-15(13(2)28-24-12)11-27-16-5-4-14(8-17(16)26-3)9-22-10-18-23-6-7-25(18)19(20)21/h4-8,19,22H,9-11H2,1-3H3. The Morgan fingerprint density at radius 2 is 2.04 bits per heavy atom. The van der Waals surface area contributed by atoms with Crippen molar-refractivity contribution in [1.29, 1.82) is 0 Å². The van der Waals surface area contributed by atoms with Crippen LogP contribution in [0.5, 0.6) is 11.5 Å². The zero-order valence-electron chi connectivity index (χ0n) is 15.9. The molecule has 3 aromatic rings. The van der Waals surface area contributed by atoms with E-state index in [1.807, 2.05) is 32.0 Å². The van der Waals surface area contributed by atoms with Gasteiger partial charge >= 0.3 is 6.55 Å². The fraction of sp³-hybridized carbons (Fsp3) is 0.368. The Labute approximate surface area is 161 Å². The van der Waals surface area contributed by atoms with Crippen molar-refractivity contribution >= 4 is 0 Å². The molecule has 0 aliphatic carbocycles. The van der Waals surface area contributed by atoms with Gasteiger partial charge < -0.3 is 19.3 Å². The summed E-state index contributed by atoms with van der Waals surface area (Å²) in [5.41, 5.74) is 2.62. The van der Waals surface area contributed by atoms with Crippen LogP contribution in [-0.2, 0) is 19.7 Å². The van der Waals surface area contributed by atoms with Crippen LogP contribution in [0.4, 0.5) is 8.78 Å². The number of aromatic nitrogens is 3. The molecule has 0 unspecified atom stereocenters. The van der Waals surface area contributed by atoms with Crippen molar-refractivity contribution in [2.24, 2.45) is 0 Å². The van der Waals surface area contributed by atoms with Crippen LogP contribution in [0.15, 0.2) is 35.1 Å². The van der Waals surface area contributed by atoms with E-state index in [9.17, 15) is 8.78 Å². The van der Waals surface area contributed by atoms with Crippen molar-refractivity contribution in [2.45, 2.75) is 40.1 Å². The second-order valence-electron chi connectivity index (χ2n) is 6.21. The summed E-state index contributed by atoms with van der Waals surface area (Å²) in [6, 6.07) is 5.54. The van der Waals surface area contributed by atoms with E-state index in [4.69, 9.17) is 14.0 Å². The number of nitrogens with one attached hydrogen (secondary N) is 1. The van der Waals surface area contributed by atoms with Gasteiger partial charge in [0.15, 0.2) is 11.5 Å². The Bertz CT molecular complexity index is 904. The molecule has 0 amide bonds. The molecule has 0 bridgehead atoms. The number of alkyl halides is 2. The van der Waals surface area contributed by atoms with E-state index in [2.05, 4.69) is 15.5 Å². The lowest BCUT2D eigenvalue weighted by molar-refractivity contribution is 0.0666. The van der Waals surface area contributed by atoms with Crippen LogP contribution in [0.2, 0.25) is 0 Å². The average molecular weight is 392 g/mol. The maximum atomic E-state index is 12.8. The van der Waals surface area contributed by atoms with Crippen LogP contribution in [0.25, 0.3) is 0 Å². The third-order valence-electron chi connectivity index (χ3n) is 4.35. The summed E-state index contributed by atoms with van der Waals surface area (Å²) >= 11 is 0. The first-order valence-electron chi connectivity index (χ1n) is 8.71. The Hall–Kier alpha value is -2.94. The Morgan fingerprint density at radius 3 is 2.71 bits per heavy atom. The second kappa shape index (κ2) is 8.83. The maximum absolute atomic E-state index is 12.8. The highest BCUT2D eigenvalue weighted by Gasteiger charge is 2.13. The molecule has 0 fully saturated rings. The lowest BCUT2D eigenvalue weighted by Gasteiger charge is -2.13. The first-order chi connectivity index (χ1) is 13.5. The van der Waals surface area contributed by atoms with Gasteiger partial charge in [0.25, 0.3) is 0 Å². The van der Waals surface area contributed by atoms with Crippen LogP contribution in [0.1, 0.15) is 35.0 Å². The highest BCUT2D eigenvalue weighted by atomic mass is 19.3. The number of aryl methyl sites for hydroxylation is 2. The Morgan fingerprint density at radius 1 is 1.21 bits per heavy atom. The predicted molar refractivity (Wildman–Crippen MR) is 97.3 cm³/mol. The third-order valence-corrected chi connectivity index (χ3v) is 4.35. The SMILES string of the molecule is COc1cc(CNCc2nccn2C(F)F)ccc1OCc1c(C)noc1C. The molecule has 3 rings (SSSR count). The summed E-state index contributed by atoms with van der Waals surface area (Å²) in [7, 11) is 1.56. The number of ether oxygens (including phenoxy) is 2. The van der Waals surface area contributed by atoms with Crippen molar-refractivity contribution in [3.05, 3.63) is 59.0 Å². The highest BCUT2D eigenvalue weighted by molar-refractivity contribution is 5.43. The number of methoxy groups -OCH3 is 1. The number of halogens is 2. The quantitative estimate of drug-likeness (QED) is 0.598. The van der Waals surface area contributed by atoms with E-state index >= 15 is 0 Å². The minimum absolute atomic E-state index is 0.226. The third kappa shape index (κ3) is 4.48. The molecule has 2 heterocycles. The molecule has 0 atom stereocenters. The molecule has 9 heteroatoms. The van der Waals surface area contributed by atoms with E-state index < -0.39 is 6.55 Å². The molecule has 0 saturated heterocycles. The van der Waals surface area contributed by atoms with Gasteiger partial charge in [0.2, 0.25) is 0 Å². The summed E-state index contributed by atoms with van der Waals surface area (Å²) in [4.78, 5) is 3.94. The van der Waals surface area contributed by atoms with Gasteiger partial charge in [0.05, 0.1) is 24.9 Å². The molecule has 1 aromatic carbocycles. The van der Waals surface area contributed by atoms with Crippen molar-refractivity contribution in [3.8, 4) is 11.5 Å². The molecule has 0 aliphatic heterocycles. The lowest BCUT2D eigenvalue weighted by Crippen LogP contribution is -2.17. The highest BCUT2D eigenvalue weighted by Crippen LogP contribution is 2.29. The zero-order chi connectivity index (χ0) is 20.1. The average Bonchev–Trinajstić information content (AvgIpc) is 3.27. The number of imidazole rings is 1. The number of benzene rings is 1. The van der Waals surface area contributed by atoms with E-state index in [1.54, 1.807) is 7.11 Å². The van der Waals surface area contributed by atoms with E-state index in [-0.39, 0.29) is 12.4 Å². The minimum atomic E-state index is -2.60. The summed E-state index contributed by atoms with van der Waals surface area (Å²) < 4.78 is 42.9. The van der Waals surface area contributed by atoms with Crippen LogP contribution in [0.3, 0.4) is 0 Å². The van der Waals surface area contributed by atoms with Crippen LogP contribution in [-0.4, -0.2) is 21.8 Å². The van der Waals surface area contributed by atoms with Gasteiger partial charge in [-0.3, -0.25) is 4.57 Å². The molecule has 28 heavy (non-hydrogen) atoms. The number of hydrogen-bond donors (Lipinski definition) is 1. The minimum Gasteiger partial charge on any atom is -0.493 e. The van der Waals surface area contributed by atoms with E-state index in [1.165, 1.54) is 12.4 Å². The van der Waals surface area contributed by atoms with Crippen molar-refractivity contribution < 1.29 is 22.8 Å². The molecule has 7 nitrogen and oxygen atoms in total. The van der Waals surface area contributed by atoms with Gasteiger partial charge in [-0.25, -0.2) is 4.98 Å². The van der Waals surface area contributed by atoms with Gasteiger partial charge in [-0.05, 0) is 31.5 Å². The van der Waals surface area contributed by atoms with Crippen molar-refractivity contribution in [3.63, 3.8) is 0 Å². The molecule has 150 valence electrons. The first-order valence-corrected chi connectivity index (χ1v) is 8.71. The molecular weight excluding hydrogens is 370 g/mol. The predicted octanol–water partition coefficient (Wildman–Crippen LogP) is 3.76. The molecular formula is C19H22F2N4O3. The van der Waals surface area contributed by atoms with Gasteiger partial charge in [-0.15, -0.1) is 0 Å². The summed E-state index contributed by atoms with van der Waals surface area (Å²) in [6.45, 7) is 2.12. The summed E-state index contributed by atoms with van der Waals surface area (Å²) in [5, 5.41) is 7.01. The largest absolute Gasteiger partial charge is 0.493 e. The molecule has 2 aromatic heterocycles. The molecule has 0 aliphatic rings. The van der Waals surface area contributed by atoms with Crippen molar-refractivity contribution in [2.75, 3.05) is 7.11 Å². The van der Waals surface area contributed by atoms with Gasteiger partial charge in [-0.2, -0.15) is 8.78 Å². The fourth-order valence-corrected chi connectivity index (χ4v) is 2.78. The molecule has 0 spiro atoms. The Balaban J connectivity index is 1.60. The van der Waals surface area contributed by atoms with Crippen LogP contribution < -0.4 is 14.8 Å². The van der Waals surface area contributed by atoms with Gasteiger partial charge in [0, 0.05) is 18.9 Å². The molecule has 1 N–H and O–H groups in total. The smallest absolute Gasteiger partial charge is 0.319 e. The fourth-order valence-electron chi connectivity index (χ4n) is 2.78. The van der Waals surface area contributed by atoms with E-state index in [0.717, 1.165) is 27.1 Å². The summed E-state index contributed by atoms with van der Waals surface area (Å²) in [5.74, 6) is 2.18. The van der Waals surface area contributed by atoms with Crippen LogP contribution >= 0.6 is 0 Å². The zero-order valence-corrected chi connectivity index (χ0v) is 15.9. The lowest BCUT2D eigenvalue weighted by atomic mass is 10.2. The normalized spacial score (nSPS) is 11.2. The molecule has 0 saturated carbocycles. The Kier molecular flexibility index (Phi) is 6.25.